The third kappa shape index (κ3) is 6.62. The van der Waals surface area contributed by atoms with Crippen molar-refractivity contribution in [3.8, 4) is 0 Å². The van der Waals surface area contributed by atoms with Crippen molar-refractivity contribution >= 4 is 5.97 Å². The standard InChI is InChI=1S/C11H22O2/c1-4-7-10(8-5-2)9-13-11(12)6-3/h10H,4-9H2,1-3H3. The van der Waals surface area contributed by atoms with Gasteiger partial charge in [0.1, 0.15) is 0 Å². The fraction of sp³-hybridized carbons (Fsp3) is 0.909. The molecule has 0 aliphatic heterocycles. The number of hydrogen-bond acceptors (Lipinski definition) is 2. The Balaban J connectivity index is 3.61. The second kappa shape index (κ2) is 8.09. The molecule has 0 aliphatic carbocycles. The lowest BCUT2D eigenvalue weighted by Crippen LogP contribution is -2.13. The Morgan fingerprint density at radius 3 is 2.08 bits per heavy atom. The van der Waals surface area contributed by atoms with E-state index in [9.17, 15) is 4.79 Å². The molecule has 0 aromatic heterocycles. The molecule has 0 aliphatic rings. The first-order valence-corrected chi connectivity index (χ1v) is 5.40. The summed E-state index contributed by atoms with van der Waals surface area (Å²) in [6.45, 7) is 6.79. The molecule has 0 heterocycles. The van der Waals surface area contributed by atoms with Gasteiger partial charge in [-0.1, -0.05) is 33.6 Å². The van der Waals surface area contributed by atoms with E-state index in [2.05, 4.69) is 13.8 Å². The number of carbonyl (C=O) groups excluding carboxylic acids is 1. The lowest BCUT2D eigenvalue weighted by atomic mass is 9.99. The van der Waals surface area contributed by atoms with E-state index in [1.165, 1.54) is 25.7 Å². The quantitative estimate of drug-likeness (QED) is 0.571. The molecular formula is C11H22O2. The molecule has 0 amide bonds. The topological polar surface area (TPSA) is 26.3 Å². The molecule has 0 saturated carbocycles. The van der Waals surface area contributed by atoms with E-state index in [4.69, 9.17) is 4.74 Å². The summed E-state index contributed by atoms with van der Waals surface area (Å²) in [5, 5.41) is 0. The molecule has 0 saturated heterocycles. The van der Waals surface area contributed by atoms with Gasteiger partial charge < -0.3 is 4.74 Å². The Morgan fingerprint density at radius 2 is 1.69 bits per heavy atom. The van der Waals surface area contributed by atoms with Gasteiger partial charge in [-0.05, 0) is 18.8 Å². The predicted molar refractivity (Wildman–Crippen MR) is 54.6 cm³/mol. The first kappa shape index (κ1) is 12.5. The molecular weight excluding hydrogens is 164 g/mol. The third-order valence-corrected chi connectivity index (χ3v) is 2.16. The van der Waals surface area contributed by atoms with Gasteiger partial charge in [-0.2, -0.15) is 0 Å². The number of rotatable bonds is 7. The summed E-state index contributed by atoms with van der Waals surface area (Å²) in [5.41, 5.74) is 0. The zero-order valence-corrected chi connectivity index (χ0v) is 9.14. The highest BCUT2D eigenvalue weighted by molar-refractivity contribution is 5.68. The van der Waals surface area contributed by atoms with Crippen molar-refractivity contribution in [2.24, 2.45) is 5.92 Å². The van der Waals surface area contributed by atoms with Gasteiger partial charge in [0.2, 0.25) is 0 Å². The van der Waals surface area contributed by atoms with Crippen molar-refractivity contribution in [3.05, 3.63) is 0 Å². The molecule has 0 N–H and O–H groups in total. The van der Waals surface area contributed by atoms with Crippen LogP contribution in [0.25, 0.3) is 0 Å². The second-order valence-corrected chi connectivity index (χ2v) is 3.48. The van der Waals surface area contributed by atoms with Crippen molar-refractivity contribution in [2.45, 2.75) is 52.9 Å². The van der Waals surface area contributed by atoms with Gasteiger partial charge in [-0.3, -0.25) is 4.79 Å². The summed E-state index contributed by atoms with van der Waals surface area (Å²) >= 11 is 0. The molecule has 2 heteroatoms. The molecule has 2 nitrogen and oxygen atoms in total. The first-order chi connectivity index (χ1) is 6.24. The van der Waals surface area contributed by atoms with Crippen LogP contribution in [0.5, 0.6) is 0 Å². The van der Waals surface area contributed by atoms with Gasteiger partial charge in [-0.15, -0.1) is 0 Å². The number of esters is 1. The zero-order chi connectivity index (χ0) is 10.1. The Hall–Kier alpha value is -0.530. The maximum atomic E-state index is 10.9. The van der Waals surface area contributed by atoms with Crippen molar-refractivity contribution in [3.63, 3.8) is 0 Å². The van der Waals surface area contributed by atoms with Crippen LogP contribution in [0.3, 0.4) is 0 Å². The molecule has 0 bridgehead atoms. The Kier molecular flexibility index (Phi) is 7.76. The SMILES string of the molecule is CCCC(CCC)COC(=O)CC. The summed E-state index contributed by atoms with van der Waals surface area (Å²) in [7, 11) is 0. The minimum absolute atomic E-state index is 0.0720. The number of carbonyl (C=O) groups is 1. The van der Waals surface area contributed by atoms with Crippen LogP contribution in [-0.2, 0) is 9.53 Å². The fourth-order valence-electron chi connectivity index (χ4n) is 1.44. The fourth-order valence-corrected chi connectivity index (χ4v) is 1.44. The maximum Gasteiger partial charge on any atom is 0.305 e. The molecule has 13 heavy (non-hydrogen) atoms. The molecule has 0 atom stereocenters. The van der Waals surface area contributed by atoms with E-state index in [0.29, 0.717) is 18.9 Å². The highest BCUT2D eigenvalue weighted by atomic mass is 16.5. The number of ether oxygens (including phenoxy) is 1. The van der Waals surface area contributed by atoms with Crippen LogP contribution in [0.15, 0.2) is 0 Å². The monoisotopic (exact) mass is 186 g/mol. The summed E-state index contributed by atoms with van der Waals surface area (Å²) in [4.78, 5) is 10.9. The largest absolute Gasteiger partial charge is 0.465 e. The lowest BCUT2D eigenvalue weighted by Gasteiger charge is -2.14. The van der Waals surface area contributed by atoms with Crippen LogP contribution in [0, 0.1) is 5.92 Å². The lowest BCUT2D eigenvalue weighted by molar-refractivity contribution is -0.144. The molecule has 0 aromatic carbocycles. The van der Waals surface area contributed by atoms with Gasteiger partial charge in [0.25, 0.3) is 0 Å². The second-order valence-electron chi connectivity index (χ2n) is 3.48. The van der Waals surface area contributed by atoms with Gasteiger partial charge in [0, 0.05) is 6.42 Å². The van der Waals surface area contributed by atoms with E-state index in [1.807, 2.05) is 6.92 Å². The smallest absolute Gasteiger partial charge is 0.305 e. The molecule has 78 valence electrons. The van der Waals surface area contributed by atoms with Crippen LogP contribution < -0.4 is 0 Å². The van der Waals surface area contributed by atoms with Gasteiger partial charge >= 0.3 is 5.97 Å². The van der Waals surface area contributed by atoms with Crippen molar-refractivity contribution < 1.29 is 9.53 Å². The van der Waals surface area contributed by atoms with E-state index in [-0.39, 0.29) is 5.97 Å². The van der Waals surface area contributed by atoms with E-state index in [0.717, 1.165) is 0 Å². The highest BCUT2D eigenvalue weighted by Crippen LogP contribution is 2.13. The average molecular weight is 186 g/mol. The van der Waals surface area contributed by atoms with Crippen molar-refractivity contribution in [2.75, 3.05) is 6.61 Å². The van der Waals surface area contributed by atoms with E-state index < -0.39 is 0 Å². The summed E-state index contributed by atoms with van der Waals surface area (Å²) in [5.74, 6) is 0.503. The van der Waals surface area contributed by atoms with Gasteiger partial charge in [0.05, 0.1) is 6.61 Å². The van der Waals surface area contributed by atoms with E-state index in [1.54, 1.807) is 0 Å². The zero-order valence-electron chi connectivity index (χ0n) is 9.14. The minimum atomic E-state index is -0.0720. The highest BCUT2D eigenvalue weighted by Gasteiger charge is 2.08. The summed E-state index contributed by atoms with van der Waals surface area (Å²) < 4.78 is 5.12. The van der Waals surface area contributed by atoms with Crippen molar-refractivity contribution in [1.82, 2.24) is 0 Å². The molecule has 0 aromatic rings. The Morgan fingerprint density at radius 1 is 1.15 bits per heavy atom. The Bertz CT molecular complexity index is 126. The molecule has 0 unspecified atom stereocenters. The first-order valence-electron chi connectivity index (χ1n) is 5.40. The van der Waals surface area contributed by atoms with Gasteiger partial charge in [-0.25, -0.2) is 0 Å². The number of hydrogen-bond donors (Lipinski definition) is 0. The van der Waals surface area contributed by atoms with Gasteiger partial charge in [0.15, 0.2) is 0 Å². The van der Waals surface area contributed by atoms with Crippen LogP contribution in [0.1, 0.15) is 52.9 Å². The molecule has 0 spiro atoms. The van der Waals surface area contributed by atoms with E-state index >= 15 is 0 Å². The molecule has 0 radical (unpaired) electrons. The van der Waals surface area contributed by atoms with Crippen LogP contribution >= 0.6 is 0 Å². The van der Waals surface area contributed by atoms with Crippen LogP contribution in [-0.4, -0.2) is 12.6 Å². The predicted octanol–water partition coefficient (Wildman–Crippen LogP) is 3.16. The summed E-state index contributed by atoms with van der Waals surface area (Å²) in [6.07, 6.45) is 5.18. The maximum absolute atomic E-state index is 10.9. The van der Waals surface area contributed by atoms with Crippen LogP contribution in [0.4, 0.5) is 0 Å². The van der Waals surface area contributed by atoms with Crippen molar-refractivity contribution in [1.29, 1.82) is 0 Å². The van der Waals surface area contributed by atoms with Crippen LogP contribution in [0.2, 0.25) is 0 Å². The summed E-state index contributed by atoms with van der Waals surface area (Å²) in [6, 6.07) is 0. The molecule has 0 rings (SSSR count). The minimum Gasteiger partial charge on any atom is -0.465 e. The Labute approximate surface area is 81.7 Å². The molecule has 0 fully saturated rings. The normalized spacial score (nSPS) is 10.5. The third-order valence-electron chi connectivity index (χ3n) is 2.16. The average Bonchev–Trinajstić information content (AvgIpc) is 2.14.